The second-order valence-electron chi connectivity index (χ2n) is 12.5. The Morgan fingerprint density at radius 1 is 1.00 bits per heavy atom. The summed E-state index contributed by atoms with van der Waals surface area (Å²) >= 11 is 0. The van der Waals surface area contributed by atoms with E-state index in [0.717, 1.165) is 44.0 Å². The Balaban J connectivity index is 1.30. The summed E-state index contributed by atoms with van der Waals surface area (Å²) in [4.78, 5) is 15.1. The van der Waals surface area contributed by atoms with E-state index in [4.69, 9.17) is 4.74 Å². The number of ketones is 1. The molecule has 0 amide bonds. The summed E-state index contributed by atoms with van der Waals surface area (Å²) in [7, 11) is 0. The van der Waals surface area contributed by atoms with Crippen LogP contribution in [0.5, 0.6) is 0 Å². The van der Waals surface area contributed by atoms with Gasteiger partial charge in [-0.05, 0) is 84.1 Å². The average Bonchev–Trinajstić information content (AvgIpc) is 3.26. The van der Waals surface area contributed by atoms with E-state index in [2.05, 4.69) is 29.2 Å². The zero-order valence-electron chi connectivity index (χ0n) is 22.3. The highest BCUT2D eigenvalue weighted by atomic mass is 19.4. The minimum atomic E-state index is -5.53. The predicted octanol–water partition coefficient (Wildman–Crippen LogP) is 7.23. The van der Waals surface area contributed by atoms with Crippen molar-refractivity contribution in [1.29, 1.82) is 0 Å². The molecule has 1 heterocycles. The monoisotopic (exact) mass is 549 g/mol. The molecular formula is C31H36F5NO2. The van der Waals surface area contributed by atoms with Crippen LogP contribution in [-0.2, 0) is 16.1 Å². The molecule has 5 atom stereocenters. The van der Waals surface area contributed by atoms with Crippen LogP contribution in [0.15, 0.2) is 47.1 Å². The number of benzene rings is 1. The van der Waals surface area contributed by atoms with Gasteiger partial charge >= 0.3 is 12.1 Å². The Morgan fingerprint density at radius 3 is 2.41 bits per heavy atom. The van der Waals surface area contributed by atoms with Gasteiger partial charge in [0.15, 0.2) is 5.78 Å². The minimum Gasteiger partial charge on any atom is -0.379 e. The maximum Gasteiger partial charge on any atom is 0.453 e. The second-order valence-corrected chi connectivity index (χ2v) is 12.5. The second kappa shape index (κ2) is 9.79. The van der Waals surface area contributed by atoms with E-state index < -0.39 is 23.4 Å². The lowest BCUT2D eigenvalue weighted by Crippen LogP contribution is -2.51. The molecular weight excluding hydrogens is 513 g/mol. The standard InChI is InChI=1S/C31H36F5NO2/c1-29-11-10-24-23(26(29)8-9-27(29)30(32,33)31(34,35)36)7-6-21-16-22(38)17-25(28(21)24)20-4-2-19(3-5-20)18-37-12-14-39-15-13-37/h2-5,16,23,25-27H,6-15,17-18H2,1H3/t23-,25?,26+,27?,29+/m1/s1. The molecule has 0 aromatic heterocycles. The molecule has 2 unspecified atom stereocenters. The molecule has 8 heteroatoms. The maximum absolute atomic E-state index is 14.7. The maximum atomic E-state index is 14.7. The first-order chi connectivity index (χ1) is 18.5. The summed E-state index contributed by atoms with van der Waals surface area (Å²) in [6, 6.07) is 8.46. The Hall–Kier alpha value is -2.06. The summed E-state index contributed by atoms with van der Waals surface area (Å²) < 4.78 is 74.9. The zero-order chi connectivity index (χ0) is 27.6. The van der Waals surface area contributed by atoms with Crippen molar-refractivity contribution in [2.24, 2.45) is 23.2 Å². The summed E-state index contributed by atoms with van der Waals surface area (Å²) in [6.07, 6.45) is -0.861. The minimum absolute atomic E-state index is 0.00114. The van der Waals surface area contributed by atoms with Gasteiger partial charge in [-0.25, -0.2) is 0 Å². The molecule has 2 saturated carbocycles. The first-order valence-corrected chi connectivity index (χ1v) is 14.3. The molecule has 1 saturated heterocycles. The molecule has 5 aliphatic rings. The summed E-state index contributed by atoms with van der Waals surface area (Å²) in [6.45, 7) is 5.81. The Labute approximate surface area is 226 Å². The zero-order valence-corrected chi connectivity index (χ0v) is 22.3. The molecule has 4 aliphatic carbocycles. The number of hydrogen-bond donors (Lipinski definition) is 0. The number of carbonyl (C=O) groups excluding carboxylic acids is 1. The molecule has 6 rings (SSSR count). The van der Waals surface area contributed by atoms with Crippen LogP contribution in [-0.4, -0.2) is 49.1 Å². The quantitative estimate of drug-likeness (QED) is 0.371. The molecule has 0 bridgehead atoms. The summed E-state index contributed by atoms with van der Waals surface area (Å²) in [5.41, 5.74) is 4.65. The molecule has 1 aromatic rings. The fourth-order valence-electron chi connectivity index (χ4n) is 8.58. The van der Waals surface area contributed by atoms with Crippen LogP contribution in [0.25, 0.3) is 0 Å². The molecule has 1 aliphatic heterocycles. The third kappa shape index (κ3) is 4.59. The number of halogens is 5. The van der Waals surface area contributed by atoms with E-state index in [1.165, 1.54) is 16.7 Å². The highest BCUT2D eigenvalue weighted by molar-refractivity contribution is 5.94. The Kier molecular flexibility index (Phi) is 6.81. The van der Waals surface area contributed by atoms with Gasteiger partial charge in [-0.2, -0.15) is 22.0 Å². The molecule has 1 aromatic carbocycles. The molecule has 3 nitrogen and oxygen atoms in total. The largest absolute Gasteiger partial charge is 0.453 e. The first-order valence-electron chi connectivity index (χ1n) is 14.3. The first kappa shape index (κ1) is 27.1. The van der Waals surface area contributed by atoms with Crippen molar-refractivity contribution in [1.82, 2.24) is 4.90 Å². The van der Waals surface area contributed by atoms with Crippen molar-refractivity contribution >= 4 is 5.78 Å². The molecule has 39 heavy (non-hydrogen) atoms. The van der Waals surface area contributed by atoms with Gasteiger partial charge in [0.1, 0.15) is 0 Å². The van der Waals surface area contributed by atoms with E-state index >= 15 is 0 Å². The number of allylic oxidation sites excluding steroid dienone is 4. The highest BCUT2D eigenvalue weighted by Crippen LogP contribution is 2.67. The van der Waals surface area contributed by atoms with Gasteiger partial charge in [0.25, 0.3) is 0 Å². The third-order valence-electron chi connectivity index (χ3n) is 10.5. The van der Waals surface area contributed by atoms with Gasteiger partial charge in [-0.3, -0.25) is 9.69 Å². The van der Waals surface area contributed by atoms with Gasteiger partial charge in [0, 0.05) is 37.9 Å². The smallest absolute Gasteiger partial charge is 0.379 e. The van der Waals surface area contributed by atoms with Crippen LogP contribution in [0, 0.1) is 23.2 Å². The highest BCUT2D eigenvalue weighted by Gasteiger charge is 2.70. The Bertz CT molecular complexity index is 1180. The molecule has 0 spiro atoms. The van der Waals surface area contributed by atoms with E-state index in [-0.39, 0.29) is 30.0 Å². The van der Waals surface area contributed by atoms with Gasteiger partial charge in [0.05, 0.1) is 13.2 Å². The van der Waals surface area contributed by atoms with Crippen LogP contribution in [0.3, 0.4) is 0 Å². The third-order valence-corrected chi connectivity index (χ3v) is 10.5. The lowest BCUT2D eigenvalue weighted by atomic mass is 9.54. The topological polar surface area (TPSA) is 29.5 Å². The van der Waals surface area contributed by atoms with Gasteiger partial charge in [-0.15, -0.1) is 0 Å². The number of carbonyl (C=O) groups is 1. The average molecular weight is 550 g/mol. The van der Waals surface area contributed by atoms with Crippen molar-refractivity contribution in [2.75, 3.05) is 26.3 Å². The van der Waals surface area contributed by atoms with Crippen molar-refractivity contribution in [3.05, 3.63) is 58.2 Å². The number of fused-ring (bicyclic) bond motifs is 4. The van der Waals surface area contributed by atoms with Crippen LogP contribution in [0.4, 0.5) is 22.0 Å². The fourth-order valence-corrected chi connectivity index (χ4v) is 8.58. The van der Waals surface area contributed by atoms with Crippen molar-refractivity contribution in [2.45, 2.75) is 76.4 Å². The lowest BCUT2D eigenvalue weighted by molar-refractivity contribution is -0.314. The van der Waals surface area contributed by atoms with Crippen LogP contribution in [0.2, 0.25) is 0 Å². The van der Waals surface area contributed by atoms with Crippen molar-refractivity contribution in [3.63, 3.8) is 0 Å². The van der Waals surface area contributed by atoms with Crippen molar-refractivity contribution < 1.29 is 31.5 Å². The molecule has 3 fully saturated rings. The lowest BCUT2D eigenvalue weighted by Gasteiger charge is -2.51. The van der Waals surface area contributed by atoms with Gasteiger partial charge < -0.3 is 4.74 Å². The Morgan fingerprint density at radius 2 is 1.72 bits per heavy atom. The summed E-state index contributed by atoms with van der Waals surface area (Å²) in [5, 5.41) is 0. The van der Waals surface area contributed by atoms with Gasteiger partial charge in [0.2, 0.25) is 0 Å². The van der Waals surface area contributed by atoms with Crippen LogP contribution in [0.1, 0.15) is 68.9 Å². The predicted molar refractivity (Wildman–Crippen MR) is 137 cm³/mol. The van der Waals surface area contributed by atoms with Crippen LogP contribution < -0.4 is 0 Å². The SMILES string of the molecule is C[C@]12CCC3=C4C(=CC(=O)CC4c4ccc(CN5CCOCC5)cc4)CC[C@H]3[C@@H]1CCC2C(F)(F)C(F)(F)F. The van der Waals surface area contributed by atoms with Crippen molar-refractivity contribution in [3.8, 4) is 0 Å². The van der Waals surface area contributed by atoms with E-state index in [1.807, 2.05) is 0 Å². The number of ether oxygens (including phenoxy) is 1. The van der Waals surface area contributed by atoms with Gasteiger partial charge in [-0.1, -0.05) is 36.8 Å². The number of alkyl halides is 5. The molecule has 0 radical (unpaired) electrons. The number of morpholine rings is 1. The number of nitrogens with zero attached hydrogens (tertiary/aromatic N) is 1. The molecule has 0 N–H and O–H groups in total. The van der Waals surface area contributed by atoms with E-state index in [1.54, 1.807) is 13.0 Å². The van der Waals surface area contributed by atoms with E-state index in [0.29, 0.717) is 38.5 Å². The number of rotatable bonds is 4. The van der Waals surface area contributed by atoms with Crippen LogP contribution >= 0.6 is 0 Å². The van der Waals surface area contributed by atoms with E-state index in [9.17, 15) is 26.7 Å². The fraction of sp³-hybridized carbons (Fsp3) is 0.645. The summed E-state index contributed by atoms with van der Waals surface area (Å²) in [5.74, 6) is -6.54. The number of hydrogen-bond acceptors (Lipinski definition) is 3. The normalized spacial score (nSPS) is 33.9. The molecule has 212 valence electrons.